The number of carbonyl (C=O) groups is 1. The Morgan fingerprint density at radius 2 is 2.25 bits per heavy atom. The lowest BCUT2D eigenvalue weighted by molar-refractivity contribution is -0.125. The normalized spacial score (nSPS) is 23.9. The summed E-state index contributed by atoms with van der Waals surface area (Å²) in [6.45, 7) is 6.97. The second-order valence-corrected chi connectivity index (χ2v) is 3.85. The van der Waals surface area contributed by atoms with E-state index in [1.807, 2.05) is 6.92 Å². The van der Waals surface area contributed by atoms with Crippen molar-refractivity contribution in [2.24, 2.45) is 5.92 Å². The number of rotatable bonds is 6. The van der Waals surface area contributed by atoms with E-state index in [1.165, 1.54) is 0 Å². The maximum atomic E-state index is 11.8. The van der Waals surface area contributed by atoms with E-state index in [4.69, 9.17) is 4.74 Å². The Kier molecular flexibility index (Phi) is 8.61. The fourth-order valence-electron chi connectivity index (χ4n) is 2.03. The van der Waals surface area contributed by atoms with E-state index in [2.05, 4.69) is 17.6 Å². The summed E-state index contributed by atoms with van der Waals surface area (Å²) < 4.78 is 5.17. The highest BCUT2D eigenvalue weighted by Gasteiger charge is 2.30. The topological polar surface area (TPSA) is 50.4 Å². The second kappa shape index (κ2) is 8.79. The third kappa shape index (κ3) is 4.68. The minimum atomic E-state index is 0. The van der Waals surface area contributed by atoms with E-state index < -0.39 is 0 Å². The number of amides is 1. The standard InChI is InChI=1S/C11H22N2O2.ClH/c1-3-10-9(5-6-12-10)11(14)13-7-8-15-4-2;/h9-10,12H,3-8H2,1-2H3,(H,13,14);1H. The molecule has 0 aliphatic carbocycles. The second-order valence-electron chi connectivity index (χ2n) is 3.85. The highest BCUT2D eigenvalue weighted by Crippen LogP contribution is 2.17. The summed E-state index contributed by atoms with van der Waals surface area (Å²) >= 11 is 0. The van der Waals surface area contributed by atoms with Crippen molar-refractivity contribution in [1.29, 1.82) is 0 Å². The van der Waals surface area contributed by atoms with Gasteiger partial charge in [0.25, 0.3) is 0 Å². The first-order valence-corrected chi connectivity index (χ1v) is 5.88. The molecule has 1 saturated heterocycles. The van der Waals surface area contributed by atoms with Gasteiger partial charge in [0.1, 0.15) is 0 Å². The zero-order valence-corrected chi connectivity index (χ0v) is 10.9. The van der Waals surface area contributed by atoms with Crippen LogP contribution in [0.25, 0.3) is 0 Å². The molecule has 1 amide bonds. The Balaban J connectivity index is 0.00000225. The number of hydrogen-bond acceptors (Lipinski definition) is 3. The first-order chi connectivity index (χ1) is 7.29. The monoisotopic (exact) mass is 250 g/mol. The summed E-state index contributed by atoms with van der Waals surface area (Å²) in [4.78, 5) is 11.8. The van der Waals surface area contributed by atoms with Gasteiger partial charge >= 0.3 is 0 Å². The molecule has 2 atom stereocenters. The first-order valence-electron chi connectivity index (χ1n) is 5.88. The molecular weight excluding hydrogens is 228 g/mol. The van der Waals surface area contributed by atoms with E-state index in [1.54, 1.807) is 0 Å². The molecule has 1 rings (SSSR count). The van der Waals surface area contributed by atoms with Gasteiger partial charge in [-0.05, 0) is 26.3 Å². The SMILES string of the molecule is CCOCCNC(=O)C1CCNC1CC.Cl. The van der Waals surface area contributed by atoms with Crippen molar-refractivity contribution in [3.05, 3.63) is 0 Å². The zero-order chi connectivity index (χ0) is 11.1. The van der Waals surface area contributed by atoms with Gasteiger partial charge in [-0.2, -0.15) is 0 Å². The largest absolute Gasteiger partial charge is 0.380 e. The molecule has 1 fully saturated rings. The van der Waals surface area contributed by atoms with Crippen LogP contribution in [0, 0.1) is 5.92 Å². The van der Waals surface area contributed by atoms with Gasteiger partial charge in [-0.1, -0.05) is 6.92 Å². The molecule has 1 aliphatic heterocycles. The Hall–Kier alpha value is -0.320. The summed E-state index contributed by atoms with van der Waals surface area (Å²) in [5, 5.41) is 6.27. The van der Waals surface area contributed by atoms with Crippen LogP contribution >= 0.6 is 12.4 Å². The molecule has 16 heavy (non-hydrogen) atoms. The molecule has 0 bridgehead atoms. The quantitative estimate of drug-likeness (QED) is 0.691. The van der Waals surface area contributed by atoms with Crippen LogP contribution < -0.4 is 10.6 Å². The third-order valence-corrected chi connectivity index (χ3v) is 2.87. The fraction of sp³-hybridized carbons (Fsp3) is 0.909. The molecule has 0 aromatic carbocycles. The molecule has 5 heteroatoms. The predicted molar refractivity (Wildman–Crippen MR) is 66.9 cm³/mol. The number of carbonyl (C=O) groups excluding carboxylic acids is 1. The van der Waals surface area contributed by atoms with E-state index in [0.717, 1.165) is 19.4 Å². The van der Waals surface area contributed by atoms with Crippen LogP contribution in [0.4, 0.5) is 0 Å². The molecule has 0 aromatic rings. The molecule has 0 aromatic heterocycles. The van der Waals surface area contributed by atoms with Gasteiger partial charge in [0, 0.05) is 19.2 Å². The molecule has 0 spiro atoms. The molecule has 2 unspecified atom stereocenters. The average molecular weight is 251 g/mol. The van der Waals surface area contributed by atoms with Crippen LogP contribution in [0.3, 0.4) is 0 Å². The highest BCUT2D eigenvalue weighted by molar-refractivity contribution is 5.85. The number of nitrogens with one attached hydrogen (secondary N) is 2. The van der Waals surface area contributed by atoms with Crippen molar-refractivity contribution < 1.29 is 9.53 Å². The Morgan fingerprint density at radius 1 is 1.50 bits per heavy atom. The molecule has 0 radical (unpaired) electrons. The van der Waals surface area contributed by atoms with E-state index in [9.17, 15) is 4.79 Å². The highest BCUT2D eigenvalue weighted by atomic mass is 35.5. The van der Waals surface area contributed by atoms with E-state index >= 15 is 0 Å². The summed E-state index contributed by atoms with van der Waals surface area (Å²) in [6.07, 6.45) is 1.97. The summed E-state index contributed by atoms with van der Waals surface area (Å²) in [6, 6.07) is 0.358. The van der Waals surface area contributed by atoms with Crippen molar-refractivity contribution in [2.75, 3.05) is 26.3 Å². The number of hydrogen-bond donors (Lipinski definition) is 2. The van der Waals surface area contributed by atoms with Crippen molar-refractivity contribution in [3.8, 4) is 0 Å². The van der Waals surface area contributed by atoms with Crippen LogP contribution in [0.5, 0.6) is 0 Å². The van der Waals surface area contributed by atoms with Gasteiger partial charge in [-0.25, -0.2) is 0 Å². The molecule has 2 N–H and O–H groups in total. The smallest absolute Gasteiger partial charge is 0.224 e. The lowest BCUT2D eigenvalue weighted by Crippen LogP contribution is -2.39. The van der Waals surface area contributed by atoms with E-state index in [0.29, 0.717) is 25.8 Å². The lowest BCUT2D eigenvalue weighted by atomic mass is 9.98. The molecule has 0 saturated carbocycles. The van der Waals surface area contributed by atoms with Crippen molar-refractivity contribution in [3.63, 3.8) is 0 Å². The minimum absolute atomic E-state index is 0. The molecule has 96 valence electrons. The van der Waals surface area contributed by atoms with Crippen LogP contribution in [-0.2, 0) is 9.53 Å². The Labute approximate surface area is 104 Å². The van der Waals surface area contributed by atoms with Crippen molar-refractivity contribution in [2.45, 2.75) is 32.7 Å². The summed E-state index contributed by atoms with van der Waals surface area (Å²) in [5.41, 5.74) is 0. The molecule has 4 nitrogen and oxygen atoms in total. The maximum Gasteiger partial charge on any atom is 0.224 e. The van der Waals surface area contributed by atoms with Crippen LogP contribution in [-0.4, -0.2) is 38.3 Å². The van der Waals surface area contributed by atoms with Crippen LogP contribution in [0.15, 0.2) is 0 Å². The predicted octanol–water partition coefficient (Wildman–Crippen LogP) is 0.949. The summed E-state index contributed by atoms with van der Waals surface area (Å²) in [5.74, 6) is 0.322. The van der Waals surface area contributed by atoms with Crippen LogP contribution in [0.1, 0.15) is 26.7 Å². The van der Waals surface area contributed by atoms with E-state index in [-0.39, 0.29) is 24.2 Å². The van der Waals surface area contributed by atoms with Gasteiger partial charge in [0.05, 0.1) is 12.5 Å². The van der Waals surface area contributed by atoms with Gasteiger partial charge in [-0.3, -0.25) is 4.79 Å². The Morgan fingerprint density at radius 3 is 2.88 bits per heavy atom. The number of ether oxygens (including phenoxy) is 1. The molecular formula is C11H23ClN2O2. The molecule has 1 aliphatic rings. The maximum absolute atomic E-state index is 11.8. The zero-order valence-electron chi connectivity index (χ0n) is 10.1. The van der Waals surface area contributed by atoms with Gasteiger partial charge < -0.3 is 15.4 Å². The van der Waals surface area contributed by atoms with Crippen LogP contribution in [0.2, 0.25) is 0 Å². The average Bonchev–Trinajstić information content (AvgIpc) is 2.72. The van der Waals surface area contributed by atoms with Gasteiger partial charge in [-0.15, -0.1) is 12.4 Å². The lowest BCUT2D eigenvalue weighted by Gasteiger charge is -2.17. The minimum Gasteiger partial charge on any atom is -0.380 e. The van der Waals surface area contributed by atoms with Crippen molar-refractivity contribution in [1.82, 2.24) is 10.6 Å². The summed E-state index contributed by atoms with van der Waals surface area (Å²) in [7, 11) is 0. The molecule has 1 heterocycles. The van der Waals surface area contributed by atoms with Gasteiger partial charge in [0.2, 0.25) is 5.91 Å². The van der Waals surface area contributed by atoms with Gasteiger partial charge in [0.15, 0.2) is 0 Å². The fourth-order valence-corrected chi connectivity index (χ4v) is 2.03. The first kappa shape index (κ1) is 15.7. The Bertz CT molecular complexity index is 202. The van der Waals surface area contributed by atoms with Crippen molar-refractivity contribution >= 4 is 18.3 Å². The number of halogens is 1. The third-order valence-electron chi connectivity index (χ3n) is 2.87.